The number of nitrogens with zero attached hydrogens (tertiary/aromatic N) is 1. The molecule has 0 radical (unpaired) electrons. The van der Waals surface area contributed by atoms with Crippen LogP contribution in [0.2, 0.25) is 0 Å². The van der Waals surface area contributed by atoms with E-state index in [1.165, 1.54) is 25.7 Å². The minimum Gasteiger partial charge on any atom is -0.299 e. The lowest BCUT2D eigenvalue weighted by Crippen LogP contribution is -2.29. The number of aliphatic imine (C=N–C) groups is 1. The fourth-order valence-electron chi connectivity index (χ4n) is 2.79. The summed E-state index contributed by atoms with van der Waals surface area (Å²) in [6, 6.07) is 0. The van der Waals surface area contributed by atoms with E-state index in [1.807, 2.05) is 0 Å². The van der Waals surface area contributed by atoms with Gasteiger partial charge in [0, 0.05) is 25.1 Å². The average molecular weight is 251 g/mol. The minimum absolute atomic E-state index is 0.124. The number of carbonyl (C=O) groups is 1. The van der Waals surface area contributed by atoms with Crippen molar-refractivity contribution >= 4 is 11.5 Å². The topological polar surface area (TPSA) is 29.4 Å². The van der Waals surface area contributed by atoms with E-state index in [0.717, 1.165) is 25.1 Å². The van der Waals surface area contributed by atoms with Crippen LogP contribution in [0.4, 0.5) is 0 Å². The predicted molar refractivity (Wildman–Crippen MR) is 78.2 cm³/mol. The molecular weight excluding hydrogens is 222 g/mol. The fourth-order valence-corrected chi connectivity index (χ4v) is 2.79. The molecule has 0 saturated heterocycles. The molecule has 1 saturated carbocycles. The van der Waals surface area contributed by atoms with Gasteiger partial charge in [0.1, 0.15) is 5.78 Å². The molecule has 2 nitrogen and oxygen atoms in total. The molecule has 2 heteroatoms. The van der Waals surface area contributed by atoms with Gasteiger partial charge in [0.2, 0.25) is 0 Å². The molecule has 0 aromatic heterocycles. The SMILES string of the molecule is CCCCC(CC)CN=C1CC(=O)CC(C)(C)C1. The Labute approximate surface area is 112 Å². The van der Waals surface area contributed by atoms with Gasteiger partial charge in [0.15, 0.2) is 0 Å². The zero-order chi connectivity index (χ0) is 13.6. The summed E-state index contributed by atoms with van der Waals surface area (Å²) in [5, 5.41) is 0. The van der Waals surface area contributed by atoms with Crippen molar-refractivity contribution in [3.63, 3.8) is 0 Å². The molecule has 1 rings (SSSR count). The molecule has 1 unspecified atom stereocenters. The van der Waals surface area contributed by atoms with Crippen LogP contribution in [0.5, 0.6) is 0 Å². The van der Waals surface area contributed by atoms with Gasteiger partial charge in [-0.15, -0.1) is 0 Å². The van der Waals surface area contributed by atoms with E-state index in [0.29, 0.717) is 18.1 Å². The highest BCUT2D eigenvalue weighted by molar-refractivity contribution is 6.04. The minimum atomic E-state index is 0.124. The number of carbonyl (C=O) groups excluding carboxylic acids is 1. The van der Waals surface area contributed by atoms with Gasteiger partial charge in [-0.3, -0.25) is 9.79 Å². The lowest BCUT2D eigenvalue weighted by Gasteiger charge is -2.29. The predicted octanol–water partition coefficient (Wildman–Crippen LogP) is 4.42. The van der Waals surface area contributed by atoms with E-state index >= 15 is 0 Å². The Bertz CT molecular complexity index is 304. The monoisotopic (exact) mass is 251 g/mol. The lowest BCUT2D eigenvalue weighted by atomic mass is 9.76. The van der Waals surface area contributed by atoms with Gasteiger partial charge >= 0.3 is 0 Å². The summed E-state index contributed by atoms with van der Waals surface area (Å²) in [6.45, 7) is 9.76. The van der Waals surface area contributed by atoms with Gasteiger partial charge in [-0.25, -0.2) is 0 Å². The normalized spacial score (nSPS) is 23.3. The lowest BCUT2D eigenvalue weighted by molar-refractivity contribution is -0.120. The molecule has 0 amide bonds. The molecule has 0 heterocycles. The Hall–Kier alpha value is -0.660. The number of rotatable bonds is 6. The van der Waals surface area contributed by atoms with Crippen molar-refractivity contribution in [2.24, 2.45) is 16.3 Å². The molecule has 0 aromatic carbocycles. The van der Waals surface area contributed by atoms with E-state index in [1.54, 1.807) is 0 Å². The van der Waals surface area contributed by atoms with E-state index in [2.05, 4.69) is 27.7 Å². The molecule has 0 bridgehead atoms. The Morgan fingerprint density at radius 3 is 2.56 bits per heavy atom. The Kier molecular flexibility index (Phi) is 6.04. The Morgan fingerprint density at radius 2 is 2.00 bits per heavy atom. The molecule has 0 aromatic rings. The van der Waals surface area contributed by atoms with Crippen molar-refractivity contribution in [1.29, 1.82) is 0 Å². The quantitative estimate of drug-likeness (QED) is 0.687. The molecule has 1 fully saturated rings. The van der Waals surface area contributed by atoms with Crippen LogP contribution in [0.15, 0.2) is 4.99 Å². The summed E-state index contributed by atoms with van der Waals surface area (Å²) >= 11 is 0. The van der Waals surface area contributed by atoms with Gasteiger partial charge < -0.3 is 0 Å². The highest BCUT2D eigenvalue weighted by Gasteiger charge is 2.30. The maximum atomic E-state index is 11.7. The number of ketones is 1. The molecule has 0 aliphatic heterocycles. The zero-order valence-electron chi connectivity index (χ0n) is 12.6. The van der Waals surface area contributed by atoms with Gasteiger partial charge in [-0.05, 0) is 24.2 Å². The molecule has 0 N–H and O–H groups in total. The summed E-state index contributed by atoms with van der Waals surface area (Å²) in [7, 11) is 0. The van der Waals surface area contributed by atoms with Crippen LogP contribution in [0.3, 0.4) is 0 Å². The van der Waals surface area contributed by atoms with Crippen LogP contribution in [0.1, 0.15) is 72.6 Å². The number of unbranched alkanes of at least 4 members (excludes halogenated alkanes) is 1. The second-order valence-electron chi connectivity index (χ2n) is 6.56. The summed E-state index contributed by atoms with van der Waals surface area (Å²) < 4.78 is 0. The Balaban J connectivity index is 2.52. The summed E-state index contributed by atoms with van der Waals surface area (Å²) in [5.74, 6) is 1.07. The Morgan fingerprint density at radius 1 is 1.28 bits per heavy atom. The second-order valence-corrected chi connectivity index (χ2v) is 6.56. The first-order valence-electron chi connectivity index (χ1n) is 7.50. The molecule has 1 atom stereocenters. The van der Waals surface area contributed by atoms with Gasteiger partial charge in [0.05, 0.1) is 0 Å². The van der Waals surface area contributed by atoms with Crippen LogP contribution < -0.4 is 0 Å². The van der Waals surface area contributed by atoms with Gasteiger partial charge in [-0.1, -0.05) is 47.0 Å². The average Bonchev–Trinajstić information content (AvgIpc) is 2.26. The third kappa shape index (κ3) is 5.32. The van der Waals surface area contributed by atoms with Crippen LogP contribution in [-0.2, 0) is 4.79 Å². The molecule has 1 aliphatic carbocycles. The van der Waals surface area contributed by atoms with Crippen LogP contribution in [0, 0.1) is 11.3 Å². The molecule has 18 heavy (non-hydrogen) atoms. The van der Waals surface area contributed by atoms with Gasteiger partial charge in [-0.2, -0.15) is 0 Å². The number of hydrogen-bond acceptors (Lipinski definition) is 2. The molecule has 0 spiro atoms. The third-order valence-corrected chi connectivity index (χ3v) is 3.88. The van der Waals surface area contributed by atoms with E-state index in [9.17, 15) is 4.79 Å². The van der Waals surface area contributed by atoms with Crippen molar-refractivity contribution in [2.45, 2.75) is 72.6 Å². The van der Waals surface area contributed by atoms with E-state index in [4.69, 9.17) is 4.99 Å². The van der Waals surface area contributed by atoms with E-state index < -0.39 is 0 Å². The number of Topliss-reactive ketones (excluding diaryl/α,β-unsaturated/α-hetero) is 1. The highest BCUT2D eigenvalue weighted by atomic mass is 16.1. The highest BCUT2D eigenvalue weighted by Crippen LogP contribution is 2.32. The standard InChI is InChI=1S/C16H29NO/c1-5-7-8-13(6-2)12-17-14-9-15(18)11-16(3,4)10-14/h13H,5-12H2,1-4H3. The van der Waals surface area contributed by atoms with Crippen LogP contribution in [-0.4, -0.2) is 18.0 Å². The second kappa shape index (κ2) is 7.06. The molecule has 1 aliphatic rings. The van der Waals surface area contributed by atoms with Crippen LogP contribution >= 0.6 is 0 Å². The van der Waals surface area contributed by atoms with Gasteiger partial charge in [0.25, 0.3) is 0 Å². The molecular formula is C16H29NO. The summed E-state index contributed by atoms with van der Waals surface area (Å²) in [5.41, 5.74) is 1.27. The van der Waals surface area contributed by atoms with Crippen molar-refractivity contribution < 1.29 is 4.79 Å². The third-order valence-electron chi connectivity index (χ3n) is 3.88. The first-order valence-corrected chi connectivity index (χ1v) is 7.50. The summed E-state index contributed by atoms with van der Waals surface area (Å²) in [4.78, 5) is 16.4. The van der Waals surface area contributed by atoms with Crippen molar-refractivity contribution in [1.82, 2.24) is 0 Å². The zero-order valence-corrected chi connectivity index (χ0v) is 12.6. The molecule has 104 valence electrons. The van der Waals surface area contributed by atoms with Crippen LogP contribution in [0.25, 0.3) is 0 Å². The van der Waals surface area contributed by atoms with Crippen molar-refractivity contribution in [2.75, 3.05) is 6.54 Å². The first-order chi connectivity index (χ1) is 8.46. The maximum absolute atomic E-state index is 11.7. The fraction of sp³-hybridized carbons (Fsp3) is 0.875. The maximum Gasteiger partial charge on any atom is 0.139 e. The smallest absolute Gasteiger partial charge is 0.139 e. The first kappa shape index (κ1) is 15.4. The summed E-state index contributed by atoms with van der Waals surface area (Å²) in [6.07, 6.45) is 7.37. The van der Waals surface area contributed by atoms with Crippen molar-refractivity contribution in [3.05, 3.63) is 0 Å². The van der Waals surface area contributed by atoms with E-state index in [-0.39, 0.29) is 5.41 Å². The van der Waals surface area contributed by atoms with Crippen molar-refractivity contribution in [3.8, 4) is 0 Å². The largest absolute Gasteiger partial charge is 0.299 e. The number of hydrogen-bond donors (Lipinski definition) is 0.